The van der Waals surface area contributed by atoms with Gasteiger partial charge in [-0.25, -0.2) is 4.98 Å². The zero-order valence-electron chi connectivity index (χ0n) is 8.87. The highest BCUT2D eigenvalue weighted by Crippen LogP contribution is 2.22. The first kappa shape index (κ1) is 10.7. The van der Waals surface area contributed by atoms with Crippen molar-refractivity contribution in [1.29, 1.82) is 0 Å². The number of H-pyrrole nitrogens is 1. The molecule has 0 aliphatic carbocycles. The van der Waals surface area contributed by atoms with Gasteiger partial charge in [0, 0.05) is 18.8 Å². The van der Waals surface area contributed by atoms with Crippen LogP contribution in [0.5, 0.6) is 0 Å². The molecule has 2 aromatic rings. The lowest BCUT2D eigenvalue weighted by Gasteiger charge is -2.05. The zero-order valence-corrected chi connectivity index (χ0v) is 9.63. The van der Waals surface area contributed by atoms with Gasteiger partial charge in [-0.15, -0.1) is 0 Å². The maximum atomic E-state index is 5.96. The van der Waals surface area contributed by atoms with Crippen molar-refractivity contribution in [3.63, 3.8) is 0 Å². The SMILES string of the molecule is CNc1ncc(Cl)c(Nc2cc(C)[nH]n2)n1. The van der Waals surface area contributed by atoms with Gasteiger partial charge in [0.25, 0.3) is 0 Å². The van der Waals surface area contributed by atoms with E-state index in [0.717, 1.165) is 5.69 Å². The largest absolute Gasteiger partial charge is 0.357 e. The summed E-state index contributed by atoms with van der Waals surface area (Å²) in [5.41, 5.74) is 0.960. The third-order valence-electron chi connectivity index (χ3n) is 1.92. The average Bonchev–Trinajstić information content (AvgIpc) is 2.67. The summed E-state index contributed by atoms with van der Waals surface area (Å²) in [4.78, 5) is 8.16. The Bertz CT molecular complexity index is 494. The lowest BCUT2D eigenvalue weighted by Crippen LogP contribution is -2.01. The molecule has 0 radical (unpaired) electrons. The van der Waals surface area contributed by atoms with Crippen LogP contribution in [-0.2, 0) is 0 Å². The molecule has 3 N–H and O–H groups in total. The number of aryl methyl sites for hydroxylation is 1. The molecule has 0 aliphatic heterocycles. The fourth-order valence-electron chi connectivity index (χ4n) is 1.18. The van der Waals surface area contributed by atoms with Crippen molar-refractivity contribution in [2.45, 2.75) is 6.92 Å². The van der Waals surface area contributed by atoms with Crippen molar-refractivity contribution in [1.82, 2.24) is 20.2 Å². The number of aromatic amines is 1. The molecule has 0 aliphatic rings. The van der Waals surface area contributed by atoms with E-state index < -0.39 is 0 Å². The minimum atomic E-state index is 0.444. The second kappa shape index (κ2) is 4.36. The molecular weight excluding hydrogens is 228 g/mol. The molecule has 2 heterocycles. The molecule has 0 bridgehead atoms. The summed E-state index contributed by atoms with van der Waals surface area (Å²) in [5, 5.41) is 13.1. The van der Waals surface area contributed by atoms with Crippen LogP contribution in [0.4, 0.5) is 17.6 Å². The van der Waals surface area contributed by atoms with Crippen LogP contribution in [0.15, 0.2) is 12.3 Å². The number of halogens is 1. The molecule has 6 nitrogen and oxygen atoms in total. The predicted molar refractivity (Wildman–Crippen MR) is 63.2 cm³/mol. The molecule has 0 unspecified atom stereocenters. The van der Waals surface area contributed by atoms with Crippen molar-refractivity contribution in [2.75, 3.05) is 17.7 Å². The van der Waals surface area contributed by atoms with Crippen LogP contribution in [0.2, 0.25) is 5.02 Å². The lowest BCUT2D eigenvalue weighted by atomic mass is 10.4. The Morgan fingerprint density at radius 3 is 2.88 bits per heavy atom. The second-order valence-corrected chi connectivity index (χ2v) is 3.61. The van der Waals surface area contributed by atoms with E-state index in [0.29, 0.717) is 22.6 Å². The fraction of sp³-hybridized carbons (Fsp3) is 0.222. The molecule has 0 saturated carbocycles. The van der Waals surface area contributed by atoms with Crippen LogP contribution in [0.3, 0.4) is 0 Å². The minimum absolute atomic E-state index is 0.444. The molecule has 0 saturated heterocycles. The second-order valence-electron chi connectivity index (χ2n) is 3.20. The van der Waals surface area contributed by atoms with Crippen LogP contribution in [0.25, 0.3) is 0 Å². The number of nitrogens with one attached hydrogen (secondary N) is 3. The van der Waals surface area contributed by atoms with E-state index in [9.17, 15) is 0 Å². The smallest absolute Gasteiger partial charge is 0.224 e. The summed E-state index contributed by atoms with van der Waals surface area (Å²) in [6.45, 7) is 1.92. The Kier molecular flexibility index (Phi) is 2.91. The molecule has 84 valence electrons. The standard InChI is InChI=1S/C9H11ClN6/c1-5-3-7(16-15-5)13-8-6(10)4-12-9(11-2)14-8/h3-4H,1-2H3,(H3,11,12,13,14,15,16). The Morgan fingerprint density at radius 1 is 1.44 bits per heavy atom. The predicted octanol–water partition coefficient (Wildman–Crippen LogP) is 1.95. The maximum Gasteiger partial charge on any atom is 0.224 e. The third kappa shape index (κ3) is 2.22. The van der Waals surface area contributed by atoms with Crippen LogP contribution < -0.4 is 10.6 Å². The monoisotopic (exact) mass is 238 g/mol. The van der Waals surface area contributed by atoms with Gasteiger partial charge in [0.05, 0.1) is 6.20 Å². The summed E-state index contributed by atoms with van der Waals surface area (Å²) >= 11 is 5.96. The highest BCUT2D eigenvalue weighted by Gasteiger charge is 2.06. The van der Waals surface area contributed by atoms with Gasteiger partial charge in [-0.2, -0.15) is 10.1 Å². The molecule has 0 aromatic carbocycles. The van der Waals surface area contributed by atoms with Gasteiger partial charge in [-0.05, 0) is 6.92 Å². The molecule has 0 atom stereocenters. The van der Waals surface area contributed by atoms with E-state index in [1.807, 2.05) is 13.0 Å². The minimum Gasteiger partial charge on any atom is -0.357 e. The van der Waals surface area contributed by atoms with E-state index in [4.69, 9.17) is 11.6 Å². The van der Waals surface area contributed by atoms with Gasteiger partial charge in [0.1, 0.15) is 5.02 Å². The molecule has 0 spiro atoms. The van der Waals surface area contributed by atoms with Crippen molar-refractivity contribution >= 4 is 29.2 Å². The molecule has 7 heteroatoms. The number of hydrogen-bond donors (Lipinski definition) is 3. The number of aromatic nitrogens is 4. The van der Waals surface area contributed by atoms with Crippen LogP contribution in [-0.4, -0.2) is 27.2 Å². The maximum absolute atomic E-state index is 5.96. The molecular formula is C9H11ClN6. The molecule has 2 aromatic heterocycles. The van der Waals surface area contributed by atoms with Crippen LogP contribution in [0.1, 0.15) is 5.69 Å². The van der Waals surface area contributed by atoms with Crippen LogP contribution >= 0.6 is 11.6 Å². The Morgan fingerprint density at radius 2 is 2.25 bits per heavy atom. The quantitative estimate of drug-likeness (QED) is 0.762. The average molecular weight is 239 g/mol. The van der Waals surface area contributed by atoms with E-state index >= 15 is 0 Å². The number of rotatable bonds is 3. The molecule has 2 rings (SSSR count). The Balaban J connectivity index is 2.26. The first-order chi connectivity index (χ1) is 7.69. The fourth-order valence-corrected chi connectivity index (χ4v) is 1.32. The zero-order chi connectivity index (χ0) is 11.5. The van der Waals surface area contributed by atoms with Crippen molar-refractivity contribution in [2.24, 2.45) is 0 Å². The van der Waals surface area contributed by atoms with E-state index in [-0.39, 0.29) is 0 Å². The first-order valence-electron chi connectivity index (χ1n) is 4.68. The highest BCUT2D eigenvalue weighted by atomic mass is 35.5. The van der Waals surface area contributed by atoms with Crippen molar-refractivity contribution in [3.8, 4) is 0 Å². The van der Waals surface area contributed by atoms with Crippen LogP contribution in [0, 0.1) is 6.92 Å². The summed E-state index contributed by atoms with van der Waals surface area (Å²) in [5.74, 6) is 1.69. The summed E-state index contributed by atoms with van der Waals surface area (Å²) < 4.78 is 0. The first-order valence-corrected chi connectivity index (χ1v) is 5.06. The summed E-state index contributed by atoms with van der Waals surface area (Å²) in [7, 11) is 1.74. The van der Waals surface area contributed by atoms with E-state index in [1.54, 1.807) is 7.05 Å². The third-order valence-corrected chi connectivity index (χ3v) is 2.20. The van der Waals surface area contributed by atoms with E-state index in [1.165, 1.54) is 6.20 Å². The van der Waals surface area contributed by atoms with Gasteiger partial charge >= 0.3 is 0 Å². The normalized spacial score (nSPS) is 10.2. The van der Waals surface area contributed by atoms with Gasteiger partial charge in [0.2, 0.25) is 5.95 Å². The Labute approximate surface area is 97.5 Å². The topological polar surface area (TPSA) is 78.5 Å². The molecule has 16 heavy (non-hydrogen) atoms. The van der Waals surface area contributed by atoms with Gasteiger partial charge in [0.15, 0.2) is 11.6 Å². The summed E-state index contributed by atoms with van der Waals surface area (Å²) in [6, 6.07) is 1.86. The van der Waals surface area contributed by atoms with Gasteiger partial charge < -0.3 is 10.6 Å². The number of anilines is 3. The van der Waals surface area contributed by atoms with Crippen molar-refractivity contribution < 1.29 is 0 Å². The van der Waals surface area contributed by atoms with Crippen molar-refractivity contribution in [3.05, 3.63) is 23.0 Å². The van der Waals surface area contributed by atoms with Gasteiger partial charge in [-0.3, -0.25) is 5.10 Å². The Hall–Kier alpha value is -1.82. The number of hydrogen-bond acceptors (Lipinski definition) is 5. The summed E-state index contributed by atoms with van der Waals surface area (Å²) in [6.07, 6.45) is 1.53. The number of nitrogens with zero attached hydrogens (tertiary/aromatic N) is 3. The molecule has 0 fully saturated rings. The lowest BCUT2D eigenvalue weighted by molar-refractivity contribution is 1.05. The molecule has 0 amide bonds. The van der Waals surface area contributed by atoms with E-state index in [2.05, 4.69) is 30.8 Å². The van der Waals surface area contributed by atoms with Gasteiger partial charge in [-0.1, -0.05) is 11.6 Å². The highest BCUT2D eigenvalue weighted by molar-refractivity contribution is 6.32.